The summed E-state index contributed by atoms with van der Waals surface area (Å²) in [5, 5.41) is 0. The molecule has 1 aliphatic rings. The van der Waals surface area contributed by atoms with Gasteiger partial charge in [-0.1, -0.05) is 22.4 Å². The van der Waals surface area contributed by atoms with Crippen LogP contribution >= 0.6 is 31.9 Å². The third-order valence-electron chi connectivity index (χ3n) is 2.61. The Hall–Kier alpha value is 0.0900. The normalized spacial score (nSPS) is 17.1. The molecule has 0 aliphatic heterocycles. The van der Waals surface area contributed by atoms with Crippen molar-refractivity contribution < 1.29 is 8.42 Å². The first-order valence-electron chi connectivity index (χ1n) is 4.96. The molecule has 1 fully saturated rings. The molecule has 1 saturated carbocycles. The lowest BCUT2D eigenvalue weighted by molar-refractivity contribution is 0.383. The van der Waals surface area contributed by atoms with E-state index in [9.17, 15) is 8.42 Å². The highest BCUT2D eigenvalue weighted by atomic mass is 79.9. The fourth-order valence-corrected chi connectivity index (χ4v) is 4.55. The number of sulfonamides is 1. The monoisotopic (exact) mass is 367 g/mol. The quantitative estimate of drug-likeness (QED) is 0.891. The van der Waals surface area contributed by atoms with Crippen molar-refractivity contribution in [3.05, 3.63) is 27.1 Å². The Bertz CT molecular complexity index is 498. The van der Waals surface area contributed by atoms with Crippen molar-refractivity contribution in [1.29, 1.82) is 0 Å². The summed E-state index contributed by atoms with van der Waals surface area (Å²) < 4.78 is 28.1. The average molecular weight is 369 g/mol. The fraction of sp³-hybridized carbons (Fsp3) is 0.400. The molecule has 2 rings (SSSR count). The molecular weight excluding hydrogens is 358 g/mol. The van der Waals surface area contributed by atoms with Crippen LogP contribution in [0.15, 0.2) is 32.0 Å². The van der Waals surface area contributed by atoms with E-state index in [0.717, 1.165) is 23.7 Å². The molecule has 0 bridgehead atoms. The van der Waals surface area contributed by atoms with E-state index in [1.165, 1.54) is 0 Å². The van der Waals surface area contributed by atoms with Crippen LogP contribution in [0.3, 0.4) is 0 Å². The van der Waals surface area contributed by atoms with Crippen LogP contribution in [0.4, 0.5) is 0 Å². The van der Waals surface area contributed by atoms with Crippen LogP contribution in [0.2, 0.25) is 0 Å². The van der Waals surface area contributed by atoms with Crippen molar-refractivity contribution in [2.75, 3.05) is 0 Å². The third-order valence-corrected chi connectivity index (χ3v) is 5.60. The topological polar surface area (TPSA) is 46.2 Å². The van der Waals surface area contributed by atoms with Crippen molar-refractivity contribution in [2.24, 2.45) is 0 Å². The summed E-state index contributed by atoms with van der Waals surface area (Å²) >= 11 is 6.56. The number of benzene rings is 1. The van der Waals surface area contributed by atoms with Crippen LogP contribution in [-0.2, 0) is 10.0 Å². The Balaban J connectivity index is 2.27. The molecule has 1 aromatic carbocycles. The highest BCUT2D eigenvalue weighted by Gasteiger charge is 2.25. The highest BCUT2D eigenvalue weighted by molar-refractivity contribution is 9.11. The molecule has 88 valence electrons. The molecule has 0 heterocycles. The van der Waals surface area contributed by atoms with Crippen molar-refractivity contribution in [1.82, 2.24) is 4.72 Å². The third kappa shape index (κ3) is 2.67. The minimum atomic E-state index is -3.39. The molecule has 0 aromatic heterocycles. The van der Waals surface area contributed by atoms with E-state index < -0.39 is 10.0 Å². The van der Waals surface area contributed by atoms with Crippen LogP contribution in [0.5, 0.6) is 0 Å². The van der Waals surface area contributed by atoms with E-state index in [1.807, 2.05) is 0 Å². The molecule has 0 atom stereocenters. The largest absolute Gasteiger partial charge is 0.241 e. The summed E-state index contributed by atoms with van der Waals surface area (Å²) in [6.45, 7) is 0. The fourth-order valence-electron chi connectivity index (χ4n) is 1.50. The van der Waals surface area contributed by atoms with E-state index >= 15 is 0 Å². The summed E-state index contributed by atoms with van der Waals surface area (Å²) in [7, 11) is -3.39. The van der Waals surface area contributed by atoms with E-state index in [4.69, 9.17) is 0 Å². The zero-order valence-corrected chi connectivity index (χ0v) is 12.4. The molecule has 0 radical (unpaired) electrons. The van der Waals surface area contributed by atoms with E-state index in [0.29, 0.717) is 9.37 Å². The van der Waals surface area contributed by atoms with Crippen molar-refractivity contribution in [2.45, 2.75) is 30.2 Å². The standard InChI is InChI=1S/C10H11Br2NO2S/c11-7-4-5-10(9(12)6-7)16(14,15)13-8-2-1-3-8/h4-6,8,13H,1-3H2. The average Bonchev–Trinajstić information content (AvgIpc) is 2.11. The molecule has 0 saturated heterocycles. The Kier molecular flexibility index (Phi) is 3.73. The Morgan fingerprint density at radius 1 is 1.25 bits per heavy atom. The first kappa shape index (κ1) is 12.5. The van der Waals surface area contributed by atoms with Gasteiger partial charge in [0.1, 0.15) is 0 Å². The maximum Gasteiger partial charge on any atom is 0.241 e. The molecule has 0 spiro atoms. The SMILES string of the molecule is O=S(=O)(NC1CCC1)c1ccc(Br)cc1Br. The van der Waals surface area contributed by atoms with Crippen LogP contribution in [0, 0.1) is 0 Å². The van der Waals surface area contributed by atoms with Gasteiger partial charge in [0.25, 0.3) is 0 Å². The van der Waals surface area contributed by atoms with Crippen molar-refractivity contribution in [3.63, 3.8) is 0 Å². The number of rotatable bonds is 3. The molecule has 0 amide bonds. The first-order valence-corrected chi connectivity index (χ1v) is 8.03. The lowest BCUT2D eigenvalue weighted by Crippen LogP contribution is -2.39. The summed E-state index contributed by atoms with van der Waals surface area (Å²) in [5.74, 6) is 0. The molecule has 1 N–H and O–H groups in total. The summed E-state index contributed by atoms with van der Waals surface area (Å²) in [6, 6.07) is 5.16. The maximum atomic E-state index is 12.0. The van der Waals surface area contributed by atoms with Crippen molar-refractivity contribution >= 4 is 41.9 Å². The molecule has 0 unspecified atom stereocenters. The van der Waals surface area contributed by atoms with Gasteiger partial charge >= 0.3 is 0 Å². The van der Waals surface area contributed by atoms with Gasteiger partial charge in [0.15, 0.2) is 0 Å². The molecule has 1 aliphatic carbocycles. The smallest absolute Gasteiger partial charge is 0.208 e. The van der Waals surface area contributed by atoms with Gasteiger partial charge in [0.05, 0.1) is 4.90 Å². The van der Waals surface area contributed by atoms with Crippen LogP contribution in [-0.4, -0.2) is 14.5 Å². The van der Waals surface area contributed by atoms with Gasteiger partial charge in [0, 0.05) is 15.0 Å². The van der Waals surface area contributed by atoms with E-state index in [1.54, 1.807) is 18.2 Å². The number of hydrogen-bond donors (Lipinski definition) is 1. The number of halogens is 2. The van der Waals surface area contributed by atoms with Gasteiger partial charge in [0.2, 0.25) is 10.0 Å². The molecule has 1 aromatic rings. The minimum absolute atomic E-state index is 0.112. The van der Waals surface area contributed by atoms with Gasteiger partial charge in [-0.2, -0.15) is 0 Å². The molecule has 3 nitrogen and oxygen atoms in total. The first-order chi connectivity index (χ1) is 7.49. The second-order valence-corrected chi connectivity index (χ2v) is 7.28. The second kappa shape index (κ2) is 4.76. The van der Waals surface area contributed by atoms with Gasteiger partial charge in [-0.3, -0.25) is 0 Å². The predicted molar refractivity (Wildman–Crippen MR) is 69.8 cm³/mol. The van der Waals surface area contributed by atoms with Crippen molar-refractivity contribution in [3.8, 4) is 0 Å². The summed E-state index contributed by atoms with van der Waals surface area (Å²) in [4.78, 5) is 0.294. The highest BCUT2D eigenvalue weighted by Crippen LogP contribution is 2.27. The van der Waals surface area contributed by atoms with E-state index in [-0.39, 0.29) is 6.04 Å². The Labute approximate surface area is 112 Å². The molecular formula is C10H11Br2NO2S. The zero-order chi connectivity index (χ0) is 11.8. The number of nitrogens with one attached hydrogen (secondary N) is 1. The van der Waals surface area contributed by atoms with Gasteiger partial charge in [-0.25, -0.2) is 13.1 Å². The Morgan fingerprint density at radius 2 is 1.94 bits per heavy atom. The predicted octanol–water partition coefficient (Wildman–Crippen LogP) is 3.04. The van der Waals surface area contributed by atoms with Gasteiger partial charge < -0.3 is 0 Å². The Morgan fingerprint density at radius 3 is 2.44 bits per heavy atom. The van der Waals surface area contributed by atoms with Gasteiger partial charge in [-0.15, -0.1) is 0 Å². The minimum Gasteiger partial charge on any atom is -0.208 e. The second-order valence-electron chi connectivity index (χ2n) is 3.82. The van der Waals surface area contributed by atoms with Crippen LogP contribution in [0.25, 0.3) is 0 Å². The summed E-state index contributed by atoms with van der Waals surface area (Å²) in [5.41, 5.74) is 0. The molecule has 16 heavy (non-hydrogen) atoms. The molecule has 6 heteroatoms. The lowest BCUT2D eigenvalue weighted by Gasteiger charge is -2.26. The zero-order valence-electron chi connectivity index (χ0n) is 8.41. The van der Waals surface area contributed by atoms with E-state index in [2.05, 4.69) is 36.6 Å². The van der Waals surface area contributed by atoms with Crippen LogP contribution in [0.1, 0.15) is 19.3 Å². The van der Waals surface area contributed by atoms with Crippen LogP contribution < -0.4 is 4.72 Å². The maximum absolute atomic E-state index is 12.0. The number of hydrogen-bond acceptors (Lipinski definition) is 2. The lowest BCUT2D eigenvalue weighted by atomic mass is 9.94. The van der Waals surface area contributed by atoms with Gasteiger partial charge in [-0.05, 0) is 47.0 Å². The summed E-state index contributed by atoms with van der Waals surface area (Å²) in [6.07, 6.45) is 2.98.